The van der Waals surface area contributed by atoms with E-state index in [0.29, 0.717) is 0 Å². The highest BCUT2D eigenvalue weighted by molar-refractivity contribution is 5.49. The van der Waals surface area contributed by atoms with Gasteiger partial charge >= 0.3 is 0 Å². The van der Waals surface area contributed by atoms with Gasteiger partial charge in [0.1, 0.15) is 35.6 Å². The van der Waals surface area contributed by atoms with E-state index in [1.165, 1.54) is 0 Å². The van der Waals surface area contributed by atoms with Gasteiger partial charge in [-0.2, -0.15) is 0 Å². The standard InChI is InChI=1S/C47H46O6/c1-45(2)52-43(41(48)33-50-46(35-21-9-3-10-22-35,36-23-11-4-12-24-36)37-25-13-5-14-26-37)44(53-45)42(49)34-51-47(38-27-15-6-16-28-38,39-29-17-7-18-30-39)40-31-19-8-20-32-40/h3-32,41-44,48-49H,33-34H2,1-2H3/t41-,42-,43-,44-/m1/s1. The first kappa shape index (κ1) is 36.4. The summed E-state index contributed by atoms with van der Waals surface area (Å²) >= 11 is 0. The molecule has 7 rings (SSSR count). The molecule has 1 aliphatic heterocycles. The Hall–Kier alpha value is -4.92. The van der Waals surface area contributed by atoms with Gasteiger partial charge in [-0.1, -0.05) is 182 Å². The van der Waals surface area contributed by atoms with Crippen LogP contribution in [-0.2, 0) is 30.1 Å². The van der Waals surface area contributed by atoms with Crippen LogP contribution in [0.5, 0.6) is 0 Å². The van der Waals surface area contributed by atoms with Crippen LogP contribution in [0, 0.1) is 0 Å². The van der Waals surface area contributed by atoms with Crippen LogP contribution in [0.25, 0.3) is 0 Å². The van der Waals surface area contributed by atoms with E-state index in [1.807, 2.05) is 182 Å². The Morgan fingerprint density at radius 2 is 0.642 bits per heavy atom. The fraction of sp³-hybridized carbons (Fsp3) is 0.234. The maximum Gasteiger partial charge on any atom is 0.164 e. The van der Waals surface area contributed by atoms with Crippen LogP contribution in [0.3, 0.4) is 0 Å². The zero-order valence-corrected chi connectivity index (χ0v) is 30.1. The molecule has 0 saturated carbocycles. The molecule has 6 heteroatoms. The van der Waals surface area contributed by atoms with E-state index >= 15 is 0 Å². The zero-order chi connectivity index (χ0) is 36.7. The highest BCUT2D eigenvalue weighted by atomic mass is 16.8. The molecule has 1 aliphatic rings. The van der Waals surface area contributed by atoms with E-state index in [1.54, 1.807) is 13.8 Å². The van der Waals surface area contributed by atoms with Crippen LogP contribution in [0.2, 0.25) is 0 Å². The molecule has 6 aromatic carbocycles. The Morgan fingerprint density at radius 3 is 0.849 bits per heavy atom. The largest absolute Gasteiger partial charge is 0.388 e. The average molecular weight is 707 g/mol. The molecule has 6 aromatic rings. The van der Waals surface area contributed by atoms with Crippen LogP contribution in [0.4, 0.5) is 0 Å². The van der Waals surface area contributed by atoms with Crippen LogP contribution < -0.4 is 0 Å². The third kappa shape index (κ3) is 7.48. The first-order valence-corrected chi connectivity index (χ1v) is 18.2. The summed E-state index contributed by atoms with van der Waals surface area (Å²) in [6.07, 6.45) is -4.20. The Kier molecular flexibility index (Phi) is 11.0. The van der Waals surface area contributed by atoms with E-state index in [0.717, 1.165) is 33.4 Å². The number of benzene rings is 6. The molecular weight excluding hydrogens is 661 g/mol. The summed E-state index contributed by atoms with van der Waals surface area (Å²) in [5, 5.41) is 24.0. The quantitative estimate of drug-likeness (QED) is 0.111. The van der Waals surface area contributed by atoms with Crippen molar-refractivity contribution in [2.45, 2.75) is 55.3 Å². The first-order chi connectivity index (χ1) is 25.8. The van der Waals surface area contributed by atoms with Gasteiger partial charge in [-0.3, -0.25) is 0 Å². The Balaban J connectivity index is 1.19. The van der Waals surface area contributed by atoms with E-state index in [9.17, 15) is 10.2 Å². The van der Waals surface area contributed by atoms with Gasteiger partial charge in [-0.05, 0) is 47.2 Å². The highest BCUT2D eigenvalue weighted by Gasteiger charge is 2.50. The lowest BCUT2D eigenvalue weighted by Gasteiger charge is -2.38. The molecule has 1 fully saturated rings. The second-order valence-corrected chi connectivity index (χ2v) is 13.9. The normalized spacial score (nSPS) is 18.3. The van der Waals surface area contributed by atoms with Gasteiger partial charge in [-0.15, -0.1) is 0 Å². The van der Waals surface area contributed by atoms with Crippen molar-refractivity contribution in [3.63, 3.8) is 0 Å². The van der Waals surface area contributed by atoms with Crippen molar-refractivity contribution >= 4 is 0 Å². The van der Waals surface area contributed by atoms with Crippen molar-refractivity contribution in [1.29, 1.82) is 0 Å². The molecule has 0 aromatic heterocycles. The molecule has 1 saturated heterocycles. The van der Waals surface area contributed by atoms with Crippen molar-refractivity contribution in [2.24, 2.45) is 0 Å². The van der Waals surface area contributed by atoms with E-state index in [2.05, 4.69) is 0 Å². The SMILES string of the molecule is CC1(C)O[C@H]([C@H](O)COC(c2ccccc2)(c2ccccc2)c2ccccc2)[C@@H]([C@H](O)COC(c2ccccc2)(c2ccccc2)c2ccccc2)O1. The Bertz CT molecular complexity index is 1650. The molecule has 0 amide bonds. The molecule has 0 radical (unpaired) electrons. The van der Waals surface area contributed by atoms with E-state index in [4.69, 9.17) is 18.9 Å². The lowest BCUT2D eigenvalue weighted by molar-refractivity contribution is -0.168. The lowest BCUT2D eigenvalue weighted by Crippen LogP contribution is -2.48. The average Bonchev–Trinajstić information content (AvgIpc) is 3.56. The summed E-state index contributed by atoms with van der Waals surface area (Å²) in [7, 11) is 0. The molecule has 6 nitrogen and oxygen atoms in total. The number of hydrogen-bond donors (Lipinski definition) is 2. The fourth-order valence-electron chi connectivity index (χ4n) is 7.56. The molecule has 53 heavy (non-hydrogen) atoms. The maximum atomic E-state index is 12.0. The summed E-state index contributed by atoms with van der Waals surface area (Å²) in [6.45, 7) is 3.33. The van der Waals surface area contributed by atoms with Gasteiger partial charge < -0.3 is 29.2 Å². The summed E-state index contributed by atoms with van der Waals surface area (Å²) in [5.74, 6) is -1.08. The Morgan fingerprint density at radius 1 is 0.434 bits per heavy atom. The second kappa shape index (κ2) is 16.0. The number of rotatable bonds is 14. The number of aliphatic hydroxyl groups is 2. The topological polar surface area (TPSA) is 77.4 Å². The molecule has 4 atom stereocenters. The molecule has 0 spiro atoms. The van der Waals surface area contributed by atoms with Crippen molar-refractivity contribution in [2.75, 3.05) is 13.2 Å². The van der Waals surface area contributed by atoms with Crippen molar-refractivity contribution in [3.8, 4) is 0 Å². The minimum Gasteiger partial charge on any atom is -0.388 e. The van der Waals surface area contributed by atoms with Crippen LogP contribution >= 0.6 is 0 Å². The minimum atomic E-state index is -1.17. The predicted octanol–water partition coefficient (Wildman–Crippen LogP) is 8.25. The number of hydrogen-bond acceptors (Lipinski definition) is 6. The summed E-state index contributed by atoms with van der Waals surface area (Å²) < 4.78 is 26.6. The Labute approximate surface area is 312 Å². The van der Waals surface area contributed by atoms with Crippen LogP contribution in [-0.4, -0.2) is 53.6 Å². The predicted molar refractivity (Wildman–Crippen MR) is 206 cm³/mol. The van der Waals surface area contributed by atoms with Crippen LogP contribution in [0.1, 0.15) is 47.2 Å². The van der Waals surface area contributed by atoms with Gasteiger partial charge in [0.15, 0.2) is 5.79 Å². The number of aliphatic hydroxyl groups excluding tert-OH is 2. The summed E-state index contributed by atoms with van der Waals surface area (Å²) in [6, 6.07) is 60.1. The smallest absolute Gasteiger partial charge is 0.164 e. The zero-order valence-electron chi connectivity index (χ0n) is 30.1. The molecule has 0 unspecified atom stereocenters. The third-order valence-electron chi connectivity index (χ3n) is 9.95. The molecular formula is C47H46O6. The minimum absolute atomic E-state index is 0.116. The third-order valence-corrected chi connectivity index (χ3v) is 9.95. The second-order valence-electron chi connectivity index (χ2n) is 13.9. The summed E-state index contributed by atoms with van der Waals surface area (Å²) in [5.41, 5.74) is 3.40. The molecule has 270 valence electrons. The maximum absolute atomic E-state index is 12.0. The molecule has 0 aliphatic carbocycles. The van der Waals surface area contributed by atoms with Gasteiger partial charge in [0.25, 0.3) is 0 Å². The molecule has 1 heterocycles. The fourth-order valence-corrected chi connectivity index (χ4v) is 7.56. The first-order valence-electron chi connectivity index (χ1n) is 18.2. The van der Waals surface area contributed by atoms with Gasteiger partial charge in [0, 0.05) is 0 Å². The van der Waals surface area contributed by atoms with E-state index in [-0.39, 0.29) is 13.2 Å². The van der Waals surface area contributed by atoms with Gasteiger partial charge in [0.2, 0.25) is 0 Å². The number of ether oxygens (including phenoxy) is 4. The highest BCUT2D eigenvalue weighted by Crippen LogP contribution is 2.43. The van der Waals surface area contributed by atoms with Gasteiger partial charge in [-0.25, -0.2) is 0 Å². The monoisotopic (exact) mass is 706 g/mol. The molecule has 0 bridgehead atoms. The summed E-state index contributed by atoms with van der Waals surface area (Å²) in [4.78, 5) is 0. The van der Waals surface area contributed by atoms with Crippen molar-refractivity contribution < 1.29 is 29.2 Å². The molecule has 2 N–H and O–H groups in total. The van der Waals surface area contributed by atoms with Crippen LogP contribution in [0.15, 0.2) is 182 Å². The lowest BCUT2D eigenvalue weighted by atomic mass is 9.80. The van der Waals surface area contributed by atoms with Gasteiger partial charge in [0.05, 0.1) is 13.2 Å². The van der Waals surface area contributed by atoms with Crippen molar-refractivity contribution in [3.05, 3.63) is 215 Å². The van der Waals surface area contributed by atoms with Crippen molar-refractivity contribution in [1.82, 2.24) is 0 Å². The van der Waals surface area contributed by atoms with E-state index < -0.39 is 41.4 Å².